The number of aromatic nitrogens is 4. The highest BCUT2D eigenvalue weighted by Crippen LogP contribution is 2.34. The van der Waals surface area contributed by atoms with E-state index in [-0.39, 0.29) is 46.1 Å². The van der Waals surface area contributed by atoms with E-state index in [1.807, 2.05) is 0 Å². The van der Waals surface area contributed by atoms with Crippen molar-refractivity contribution in [3.05, 3.63) is 156 Å². The maximum Gasteiger partial charge on any atom is 0.338 e. The number of carbonyl (C=O) groups is 4. The Morgan fingerprint density at radius 1 is 0.627 bits per heavy atom. The van der Waals surface area contributed by atoms with E-state index >= 15 is 0 Å². The fourth-order valence-electron chi connectivity index (χ4n) is 5.62. The molecule has 1 fully saturated rings. The summed E-state index contributed by atoms with van der Waals surface area (Å²) in [6.07, 6.45) is -4.02. The fourth-order valence-corrected chi connectivity index (χ4v) is 5.62. The predicted octanol–water partition coefficient (Wildman–Crippen LogP) is 4.85. The number of carbonyl (C=O) groups excluding carboxylic acids is 4. The summed E-state index contributed by atoms with van der Waals surface area (Å²) in [6, 6.07) is 33.0. The van der Waals surface area contributed by atoms with Crippen molar-refractivity contribution in [3.63, 3.8) is 0 Å². The summed E-state index contributed by atoms with van der Waals surface area (Å²) in [6.45, 7) is -0.300. The molecule has 0 bridgehead atoms. The van der Waals surface area contributed by atoms with Crippen LogP contribution < -0.4 is 5.73 Å². The van der Waals surface area contributed by atoms with Crippen molar-refractivity contribution < 1.29 is 38.1 Å². The zero-order valence-electron chi connectivity index (χ0n) is 26.8. The third-order valence-electron chi connectivity index (χ3n) is 8.14. The molecule has 13 heteroatoms. The number of ether oxygens (including phenoxy) is 4. The molecule has 1 saturated heterocycles. The topological polar surface area (TPSA) is 175 Å². The largest absolute Gasteiger partial charge is 0.452 e. The summed E-state index contributed by atoms with van der Waals surface area (Å²) in [5.41, 5.74) is 7.48. The minimum Gasteiger partial charge on any atom is -0.452 e. The lowest BCUT2D eigenvalue weighted by atomic mass is 10.0. The fraction of sp³-hybridized carbons (Fsp3) is 0.132. The van der Waals surface area contributed by atoms with Crippen LogP contribution in [0.25, 0.3) is 11.2 Å². The van der Waals surface area contributed by atoms with Crippen LogP contribution in [0.1, 0.15) is 53.5 Å². The van der Waals surface area contributed by atoms with Gasteiger partial charge >= 0.3 is 17.9 Å². The molecule has 4 aromatic carbocycles. The van der Waals surface area contributed by atoms with Gasteiger partial charge in [0.25, 0.3) is 0 Å². The van der Waals surface area contributed by atoms with Gasteiger partial charge in [0.15, 0.2) is 36.0 Å². The molecule has 51 heavy (non-hydrogen) atoms. The Bertz CT molecular complexity index is 2200. The molecule has 1 aliphatic heterocycles. The van der Waals surface area contributed by atoms with E-state index in [1.54, 1.807) is 121 Å². The molecular weight excluding hydrogens is 654 g/mol. The molecule has 0 saturated carbocycles. The van der Waals surface area contributed by atoms with Gasteiger partial charge in [-0.1, -0.05) is 84.9 Å². The number of anilines is 1. The first-order chi connectivity index (χ1) is 24.9. The highest BCUT2D eigenvalue weighted by Gasteiger charge is 2.49. The molecule has 2 aromatic heterocycles. The number of fused-ring (bicyclic) bond motifs is 1. The van der Waals surface area contributed by atoms with Crippen molar-refractivity contribution in [1.29, 1.82) is 0 Å². The number of imidazole rings is 1. The van der Waals surface area contributed by atoms with E-state index in [0.29, 0.717) is 5.56 Å². The first kappa shape index (κ1) is 32.8. The summed E-state index contributed by atoms with van der Waals surface area (Å²) in [5.74, 6) is -3.02. The molecule has 254 valence electrons. The minimum atomic E-state index is -1.45. The molecule has 0 amide bonds. The second-order valence-electron chi connectivity index (χ2n) is 11.5. The Labute approximate surface area is 290 Å². The molecule has 2 N–H and O–H groups in total. The van der Waals surface area contributed by atoms with E-state index in [4.69, 9.17) is 24.7 Å². The van der Waals surface area contributed by atoms with Gasteiger partial charge < -0.3 is 24.7 Å². The maximum atomic E-state index is 13.7. The molecule has 7 rings (SSSR count). The average molecular weight is 684 g/mol. The molecule has 1 unspecified atom stereocenters. The van der Waals surface area contributed by atoms with Crippen LogP contribution in [-0.2, 0) is 18.9 Å². The van der Waals surface area contributed by atoms with Gasteiger partial charge in [-0.2, -0.15) is 0 Å². The molecule has 3 heterocycles. The molecule has 0 spiro atoms. The van der Waals surface area contributed by atoms with Gasteiger partial charge in [-0.05, 0) is 36.4 Å². The van der Waals surface area contributed by atoms with Gasteiger partial charge in [0, 0.05) is 5.56 Å². The molecule has 6 aromatic rings. The lowest BCUT2D eigenvalue weighted by molar-refractivity contribution is -0.211. The van der Waals surface area contributed by atoms with E-state index in [1.165, 1.54) is 10.9 Å². The Morgan fingerprint density at radius 3 is 1.63 bits per heavy atom. The zero-order chi connectivity index (χ0) is 35.3. The van der Waals surface area contributed by atoms with Gasteiger partial charge in [-0.15, -0.1) is 0 Å². The summed E-state index contributed by atoms with van der Waals surface area (Å²) in [4.78, 5) is 67.0. The molecule has 0 aliphatic carbocycles. The molecule has 0 radical (unpaired) electrons. The third kappa shape index (κ3) is 6.91. The smallest absolute Gasteiger partial charge is 0.338 e. The van der Waals surface area contributed by atoms with Crippen LogP contribution in [-0.4, -0.2) is 68.1 Å². The normalized spacial score (nSPS) is 18.4. The van der Waals surface area contributed by atoms with Gasteiger partial charge in [0.1, 0.15) is 5.52 Å². The van der Waals surface area contributed by atoms with Gasteiger partial charge in [0.05, 0.1) is 29.6 Å². The number of hydrogen-bond acceptors (Lipinski definition) is 12. The number of rotatable bonds is 9. The van der Waals surface area contributed by atoms with Crippen LogP contribution >= 0.6 is 0 Å². The predicted molar refractivity (Wildman–Crippen MR) is 182 cm³/mol. The van der Waals surface area contributed by atoms with Crippen LogP contribution in [0, 0.1) is 0 Å². The third-order valence-corrected chi connectivity index (χ3v) is 8.14. The van der Waals surface area contributed by atoms with E-state index in [0.717, 1.165) is 0 Å². The molecule has 4 atom stereocenters. The molecular formula is C38H29N5O8. The lowest BCUT2D eigenvalue weighted by Gasteiger charge is -2.41. The van der Waals surface area contributed by atoms with Crippen LogP contribution in [0.2, 0.25) is 0 Å². The highest BCUT2D eigenvalue weighted by atomic mass is 16.6. The van der Waals surface area contributed by atoms with Crippen LogP contribution in [0.15, 0.2) is 128 Å². The highest BCUT2D eigenvalue weighted by molar-refractivity contribution is 6.07. The lowest BCUT2D eigenvalue weighted by Crippen LogP contribution is -2.55. The van der Waals surface area contributed by atoms with Crippen molar-refractivity contribution in [3.8, 4) is 0 Å². The SMILES string of the molecule is Nc1nc(C(=O)c2ccccc2)nc2c1ncn2C1OC[C@@H](OC(=O)c2ccccc2)[C@@H](OC(=O)c2ccccc2)[C@H]1OC(=O)c1ccccc1. The second-order valence-corrected chi connectivity index (χ2v) is 11.5. The van der Waals surface area contributed by atoms with E-state index in [2.05, 4.69) is 15.0 Å². The Hall–Kier alpha value is -6.73. The first-order valence-corrected chi connectivity index (χ1v) is 15.9. The van der Waals surface area contributed by atoms with Crippen molar-refractivity contribution in [2.45, 2.75) is 24.5 Å². The van der Waals surface area contributed by atoms with Crippen molar-refractivity contribution in [2.75, 3.05) is 12.3 Å². The monoisotopic (exact) mass is 683 g/mol. The molecule has 13 nitrogen and oxygen atoms in total. The van der Waals surface area contributed by atoms with Gasteiger partial charge in [-0.3, -0.25) is 9.36 Å². The van der Waals surface area contributed by atoms with Crippen molar-refractivity contribution in [2.24, 2.45) is 0 Å². The quantitative estimate of drug-likeness (QED) is 0.125. The summed E-state index contributed by atoms with van der Waals surface area (Å²) < 4.78 is 25.7. The zero-order valence-corrected chi connectivity index (χ0v) is 26.8. The number of nitrogen functional groups attached to an aromatic ring is 1. The number of benzene rings is 4. The maximum absolute atomic E-state index is 13.7. The van der Waals surface area contributed by atoms with E-state index in [9.17, 15) is 19.2 Å². The van der Waals surface area contributed by atoms with Gasteiger partial charge in [0.2, 0.25) is 11.6 Å². The Morgan fingerprint density at radius 2 is 1.10 bits per heavy atom. The first-order valence-electron chi connectivity index (χ1n) is 15.9. The van der Waals surface area contributed by atoms with Crippen LogP contribution in [0.4, 0.5) is 5.82 Å². The minimum absolute atomic E-state index is 0.0756. The number of ketones is 1. The summed E-state index contributed by atoms with van der Waals surface area (Å²) >= 11 is 0. The number of nitrogens with zero attached hydrogens (tertiary/aromatic N) is 4. The Balaban J connectivity index is 1.31. The van der Waals surface area contributed by atoms with Gasteiger partial charge in [-0.25, -0.2) is 29.3 Å². The van der Waals surface area contributed by atoms with Crippen molar-refractivity contribution in [1.82, 2.24) is 19.5 Å². The van der Waals surface area contributed by atoms with Crippen molar-refractivity contribution >= 4 is 40.7 Å². The molecule has 1 aliphatic rings. The Kier molecular flexibility index (Phi) is 9.26. The second kappa shape index (κ2) is 14.4. The van der Waals surface area contributed by atoms with E-state index < -0.39 is 48.2 Å². The summed E-state index contributed by atoms with van der Waals surface area (Å²) in [7, 11) is 0. The number of esters is 3. The van der Waals surface area contributed by atoms with Crippen LogP contribution in [0.3, 0.4) is 0 Å². The average Bonchev–Trinajstić information content (AvgIpc) is 3.61. The number of hydrogen-bond donors (Lipinski definition) is 1. The number of nitrogens with two attached hydrogens (primary N) is 1. The standard InChI is InChI=1S/C38H29N5O8/c39-32-28-34(42-33(41-32)29(44)23-13-5-1-6-14-23)43(22-40-28)35-31(51-38(47)26-19-11-4-12-20-26)30(50-37(46)25-17-9-3-10-18-25)27(21-48-35)49-36(45)24-15-7-2-8-16-24/h1-20,22,27,30-31,35H,21H2,(H2,39,41,42)/t27-,30-,31-,35?/m1/s1. The summed E-state index contributed by atoms with van der Waals surface area (Å²) in [5, 5.41) is 0. The van der Waals surface area contributed by atoms with Crippen LogP contribution in [0.5, 0.6) is 0 Å².